The fraction of sp³-hybridized carbons (Fsp3) is 0.600. The second-order valence-electron chi connectivity index (χ2n) is 5.35. The lowest BCUT2D eigenvalue weighted by Gasteiger charge is -2.19. The molecular weight excluding hydrogens is 230 g/mol. The average Bonchev–Trinajstić information content (AvgIpc) is 2.77. The molecule has 17 heavy (non-hydrogen) atoms. The molecule has 0 amide bonds. The van der Waals surface area contributed by atoms with Crippen LogP contribution >= 0.6 is 11.6 Å². The smallest absolute Gasteiger partial charge is 0.0408 e. The molecule has 1 aromatic carbocycles. The van der Waals surface area contributed by atoms with Crippen molar-refractivity contribution in [3.05, 3.63) is 34.9 Å². The summed E-state index contributed by atoms with van der Waals surface area (Å²) < 4.78 is 0. The van der Waals surface area contributed by atoms with Crippen molar-refractivity contribution in [1.82, 2.24) is 0 Å². The first-order chi connectivity index (χ1) is 8.19. The van der Waals surface area contributed by atoms with Crippen molar-refractivity contribution in [3.63, 3.8) is 0 Å². The van der Waals surface area contributed by atoms with Crippen LogP contribution in [-0.2, 0) is 6.42 Å². The number of halogens is 1. The summed E-state index contributed by atoms with van der Waals surface area (Å²) in [6.07, 6.45) is 6.25. The Labute approximate surface area is 109 Å². The van der Waals surface area contributed by atoms with E-state index in [1.54, 1.807) is 0 Å². The molecule has 0 heterocycles. The van der Waals surface area contributed by atoms with Crippen LogP contribution in [0.4, 0.5) is 0 Å². The summed E-state index contributed by atoms with van der Waals surface area (Å²) in [4.78, 5) is 0. The van der Waals surface area contributed by atoms with E-state index in [-0.39, 0.29) is 0 Å². The first-order valence-corrected chi connectivity index (χ1v) is 7.07. The van der Waals surface area contributed by atoms with E-state index in [0.29, 0.717) is 12.0 Å². The fourth-order valence-corrected chi connectivity index (χ4v) is 3.19. The van der Waals surface area contributed by atoms with Crippen molar-refractivity contribution in [2.45, 2.75) is 45.1 Å². The molecule has 0 aromatic heterocycles. The van der Waals surface area contributed by atoms with Crippen LogP contribution in [0.1, 0.15) is 38.2 Å². The summed E-state index contributed by atoms with van der Waals surface area (Å²) in [7, 11) is 0. The quantitative estimate of drug-likeness (QED) is 0.859. The minimum absolute atomic E-state index is 0.296. The number of hydrogen-bond acceptors (Lipinski definition) is 1. The molecule has 3 atom stereocenters. The third-order valence-corrected chi connectivity index (χ3v) is 4.36. The van der Waals surface area contributed by atoms with Crippen LogP contribution in [0.25, 0.3) is 0 Å². The topological polar surface area (TPSA) is 26.0 Å². The molecule has 1 saturated carbocycles. The molecule has 94 valence electrons. The molecule has 0 aliphatic heterocycles. The zero-order valence-electron chi connectivity index (χ0n) is 10.5. The Morgan fingerprint density at radius 1 is 1.41 bits per heavy atom. The number of benzene rings is 1. The van der Waals surface area contributed by atoms with Gasteiger partial charge in [-0.3, -0.25) is 0 Å². The normalized spacial score (nSPS) is 26.1. The molecule has 1 nitrogen and oxygen atoms in total. The molecule has 1 fully saturated rings. The largest absolute Gasteiger partial charge is 0.327 e. The maximum Gasteiger partial charge on any atom is 0.0408 e. The van der Waals surface area contributed by atoms with Gasteiger partial charge in [0.15, 0.2) is 0 Å². The molecular formula is C15H22ClN. The predicted octanol–water partition coefficient (Wildman–Crippen LogP) is 4.04. The van der Waals surface area contributed by atoms with E-state index in [2.05, 4.69) is 13.0 Å². The average molecular weight is 252 g/mol. The lowest BCUT2D eigenvalue weighted by atomic mass is 9.92. The molecule has 1 aliphatic rings. The van der Waals surface area contributed by atoms with Gasteiger partial charge < -0.3 is 5.73 Å². The van der Waals surface area contributed by atoms with E-state index >= 15 is 0 Å². The predicted molar refractivity (Wildman–Crippen MR) is 74.3 cm³/mol. The Balaban J connectivity index is 1.91. The molecule has 1 aromatic rings. The van der Waals surface area contributed by atoms with Crippen molar-refractivity contribution in [2.75, 3.05) is 0 Å². The lowest BCUT2D eigenvalue weighted by molar-refractivity contribution is 0.405. The zero-order valence-corrected chi connectivity index (χ0v) is 11.3. The first-order valence-electron chi connectivity index (χ1n) is 6.69. The highest BCUT2D eigenvalue weighted by atomic mass is 35.5. The number of rotatable bonds is 4. The molecule has 1 aliphatic carbocycles. The number of nitrogens with two attached hydrogens (primary N) is 1. The van der Waals surface area contributed by atoms with E-state index in [1.807, 2.05) is 18.2 Å². The summed E-state index contributed by atoms with van der Waals surface area (Å²) in [6.45, 7) is 2.29. The molecule has 0 saturated heterocycles. The Kier molecular flexibility index (Phi) is 4.47. The molecule has 0 spiro atoms. The maximum absolute atomic E-state index is 6.33. The second kappa shape index (κ2) is 5.88. The summed E-state index contributed by atoms with van der Waals surface area (Å²) >= 11 is 5.99. The molecule has 0 bridgehead atoms. The monoisotopic (exact) mass is 251 g/mol. The zero-order chi connectivity index (χ0) is 12.3. The van der Waals surface area contributed by atoms with Crippen molar-refractivity contribution >= 4 is 11.6 Å². The highest BCUT2D eigenvalue weighted by Gasteiger charge is 2.27. The summed E-state index contributed by atoms with van der Waals surface area (Å²) in [5.74, 6) is 1.62. The Morgan fingerprint density at radius 3 is 2.88 bits per heavy atom. The third-order valence-electron chi connectivity index (χ3n) is 4.13. The van der Waals surface area contributed by atoms with Gasteiger partial charge in [-0.1, -0.05) is 43.5 Å². The van der Waals surface area contributed by atoms with E-state index in [9.17, 15) is 0 Å². The molecule has 2 heteroatoms. The highest BCUT2D eigenvalue weighted by molar-refractivity contribution is 6.30. The fourth-order valence-electron chi connectivity index (χ4n) is 2.98. The lowest BCUT2D eigenvalue weighted by Crippen LogP contribution is -2.30. The maximum atomic E-state index is 6.33. The van der Waals surface area contributed by atoms with Crippen LogP contribution in [-0.4, -0.2) is 6.04 Å². The Morgan fingerprint density at radius 2 is 2.24 bits per heavy atom. The van der Waals surface area contributed by atoms with Crippen molar-refractivity contribution in [3.8, 4) is 0 Å². The Bertz CT molecular complexity index is 364. The highest BCUT2D eigenvalue weighted by Crippen LogP contribution is 2.35. The van der Waals surface area contributed by atoms with Crippen LogP contribution in [0.2, 0.25) is 5.02 Å². The summed E-state index contributed by atoms with van der Waals surface area (Å²) in [5.41, 5.74) is 7.60. The van der Waals surface area contributed by atoms with Gasteiger partial charge in [-0.15, -0.1) is 0 Å². The first kappa shape index (κ1) is 12.9. The van der Waals surface area contributed by atoms with Crippen molar-refractivity contribution in [1.29, 1.82) is 0 Å². The summed E-state index contributed by atoms with van der Waals surface area (Å²) in [5, 5.41) is 0.813. The van der Waals surface area contributed by atoms with Crippen LogP contribution in [0.5, 0.6) is 0 Å². The van der Waals surface area contributed by atoms with Gasteiger partial charge in [-0.05, 0) is 48.8 Å². The van der Waals surface area contributed by atoms with E-state index in [1.165, 1.54) is 31.2 Å². The van der Waals surface area contributed by atoms with Gasteiger partial charge >= 0.3 is 0 Å². The van der Waals surface area contributed by atoms with Crippen LogP contribution in [0.15, 0.2) is 24.3 Å². The van der Waals surface area contributed by atoms with Crippen LogP contribution in [0.3, 0.4) is 0 Å². The molecule has 0 radical (unpaired) electrons. The van der Waals surface area contributed by atoms with E-state index < -0.39 is 0 Å². The van der Waals surface area contributed by atoms with E-state index in [0.717, 1.165) is 17.4 Å². The molecule has 2 N–H and O–H groups in total. The minimum Gasteiger partial charge on any atom is -0.327 e. The third kappa shape index (κ3) is 3.46. The number of hydrogen-bond donors (Lipinski definition) is 1. The van der Waals surface area contributed by atoms with Gasteiger partial charge in [0.1, 0.15) is 0 Å². The minimum atomic E-state index is 0.296. The van der Waals surface area contributed by atoms with Crippen molar-refractivity contribution in [2.24, 2.45) is 17.6 Å². The van der Waals surface area contributed by atoms with Gasteiger partial charge in [0, 0.05) is 11.1 Å². The molecule has 2 rings (SSSR count). The van der Waals surface area contributed by atoms with E-state index in [4.69, 9.17) is 17.3 Å². The molecule has 3 unspecified atom stereocenters. The van der Waals surface area contributed by atoms with Gasteiger partial charge in [-0.2, -0.15) is 0 Å². The van der Waals surface area contributed by atoms with Crippen LogP contribution in [0, 0.1) is 11.8 Å². The van der Waals surface area contributed by atoms with Crippen LogP contribution < -0.4 is 5.73 Å². The van der Waals surface area contributed by atoms with Gasteiger partial charge in [0.2, 0.25) is 0 Å². The standard InChI is InChI=1S/C15H22ClN/c1-2-11-6-7-13(8-11)15(17)10-12-4-3-5-14(16)9-12/h3-5,9,11,13,15H,2,6-8,10,17H2,1H3. The Hall–Kier alpha value is -0.530. The SMILES string of the molecule is CCC1CCC(C(N)Cc2cccc(Cl)c2)C1. The van der Waals surface area contributed by atoms with Gasteiger partial charge in [-0.25, -0.2) is 0 Å². The van der Waals surface area contributed by atoms with Gasteiger partial charge in [0.25, 0.3) is 0 Å². The van der Waals surface area contributed by atoms with Crippen molar-refractivity contribution < 1.29 is 0 Å². The van der Waals surface area contributed by atoms with Gasteiger partial charge in [0.05, 0.1) is 0 Å². The second-order valence-corrected chi connectivity index (χ2v) is 5.78. The summed E-state index contributed by atoms with van der Waals surface area (Å²) in [6, 6.07) is 8.38.